The summed E-state index contributed by atoms with van der Waals surface area (Å²) >= 11 is 0. The van der Waals surface area contributed by atoms with Gasteiger partial charge in [0.1, 0.15) is 0 Å². The van der Waals surface area contributed by atoms with E-state index in [0.29, 0.717) is 0 Å². The maximum Gasteiger partial charge on any atom is 0.195 e. The maximum atomic E-state index is 4.30. The number of nitrogens with zero attached hydrogens (tertiary/aromatic N) is 1. The molecular weight excluding hydrogens is 188 g/mol. The van der Waals surface area contributed by atoms with Gasteiger partial charge >= 0.3 is 0 Å². The minimum atomic E-state index is 0.850. The zero-order valence-electron chi connectivity index (χ0n) is 8.25. The highest BCUT2D eigenvalue weighted by Crippen LogP contribution is 2.21. The van der Waals surface area contributed by atoms with Crippen LogP contribution in [0.4, 0.5) is 5.69 Å². The maximum absolute atomic E-state index is 4.30. The van der Waals surface area contributed by atoms with Gasteiger partial charge in [0.2, 0.25) is 0 Å². The van der Waals surface area contributed by atoms with E-state index >= 15 is 0 Å². The number of aromatic amines is 1. The molecule has 0 unspecified atom stereocenters. The summed E-state index contributed by atoms with van der Waals surface area (Å²) in [6.45, 7) is 1.77. The molecule has 0 aliphatic carbocycles. The molecule has 0 fully saturated rings. The molecule has 76 valence electrons. The number of H-pyrrole nitrogens is 1. The third kappa shape index (κ3) is 1.44. The average molecular weight is 200 g/mol. The van der Waals surface area contributed by atoms with Crippen molar-refractivity contribution in [1.29, 1.82) is 0 Å². The number of aromatic nitrogens is 1. The Hall–Kier alpha value is -1.97. The van der Waals surface area contributed by atoms with E-state index in [1.54, 1.807) is 0 Å². The minimum absolute atomic E-state index is 0.850. The predicted molar refractivity (Wildman–Crippen MR) is 62.2 cm³/mol. The van der Waals surface area contributed by atoms with Crippen molar-refractivity contribution < 1.29 is 0 Å². The smallest absolute Gasteiger partial charge is 0.195 e. The quantitative estimate of drug-likeness (QED) is 0.654. The van der Waals surface area contributed by atoms with Crippen molar-refractivity contribution in [3.63, 3.8) is 0 Å². The van der Waals surface area contributed by atoms with Crippen molar-refractivity contribution in [2.24, 2.45) is 4.99 Å². The number of nitrogens with one attached hydrogen (secondary N) is 3. The van der Waals surface area contributed by atoms with Gasteiger partial charge in [0.05, 0.1) is 17.7 Å². The summed E-state index contributed by atoms with van der Waals surface area (Å²) < 4.78 is 0. The van der Waals surface area contributed by atoms with Crippen LogP contribution in [0, 0.1) is 0 Å². The van der Waals surface area contributed by atoms with Crippen LogP contribution in [0.25, 0.3) is 10.9 Å². The predicted octanol–water partition coefficient (Wildman–Crippen LogP) is 1.54. The molecule has 0 atom stereocenters. The lowest BCUT2D eigenvalue weighted by Gasteiger charge is -2.07. The zero-order chi connectivity index (χ0) is 10.1. The number of guanidine groups is 1. The topological polar surface area (TPSA) is 52.2 Å². The number of para-hydroxylation sites is 1. The van der Waals surface area contributed by atoms with Gasteiger partial charge in [-0.05, 0) is 12.1 Å². The molecule has 2 heterocycles. The second-order valence-corrected chi connectivity index (χ2v) is 3.53. The second-order valence-electron chi connectivity index (χ2n) is 3.53. The van der Waals surface area contributed by atoms with Gasteiger partial charge in [0, 0.05) is 18.1 Å². The third-order valence-corrected chi connectivity index (χ3v) is 2.51. The van der Waals surface area contributed by atoms with Crippen molar-refractivity contribution in [2.75, 3.05) is 18.4 Å². The van der Waals surface area contributed by atoms with Gasteiger partial charge in [-0.3, -0.25) is 4.99 Å². The standard InChI is InChI=1S/C11H12N4/c1-2-8-4-5-12-10(8)9(3-1)15-11-13-6-7-14-11/h1-5,12H,6-7H2,(H2,13,14,15). The molecule has 3 N–H and O–H groups in total. The van der Waals surface area contributed by atoms with Gasteiger partial charge in [0.25, 0.3) is 0 Å². The lowest BCUT2D eigenvalue weighted by atomic mass is 10.2. The van der Waals surface area contributed by atoms with Crippen LogP contribution < -0.4 is 10.6 Å². The summed E-state index contributed by atoms with van der Waals surface area (Å²) in [6, 6.07) is 8.22. The number of hydrogen-bond acceptors (Lipinski definition) is 3. The lowest BCUT2D eigenvalue weighted by molar-refractivity contribution is 0.959. The van der Waals surface area contributed by atoms with Crippen molar-refractivity contribution >= 4 is 22.5 Å². The van der Waals surface area contributed by atoms with E-state index in [1.807, 2.05) is 18.3 Å². The Kier molecular flexibility index (Phi) is 1.84. The van der Waals surface area contributed by atoms with Crippen LogP contribution >= 0.6 is 0 Å². The molecule has 0 saturated heterocycles. The van der Waals surface area contributed by atoms with Crippen LogP contribution in [0.5, 0.6) is 0 Å². The summed E-state index contributed by atoms with van der Waals surface area (Å²) in [6.07, 6.45) is 1.94. The molecule has 1 aliphatic heterocycles. The Morgan fingerprint density at radius 1 is 1.27 bits per heavy atom. The Balaban J connectivity index is 1.99. The Bertz CT molecular complexity index is 512. The average Bonchev–Trinajstić information content (AvgIpc) is 2.87. The van der Waals surface area contributed by atoms with Gasteiger partial charge in [0.15, 0.2) is 5.96 Å². The van der Waals surface area contributed by atoms with Crippen LogP contribution in [0.15, 0.2) is 35.5 Å². The summed E-state index contributed by atoms with van der Waals surface area (Å²) in [5, 5.41) is 7.67. The SMILES string of the molecule is c1cc(NC2=NCCN2)c2[nH]ccc2c1. The van der Waals surface area contributed by atoms with E-state index in [1.165, 1.54) is 5.39 Å². The number of fused-ring (bicyclic) bond motifs is 1. The fourth-order valence-electron chi connectivity index (χ4n) is 1.80. The Labute approximate surface area is 87.4 Å². The van der Waals surface area contributed by atoms with Crippen LogP contribution in [0.2, 0.25) is 0 Å². The zero-order valence-corrected chi connectivity index (χ0v) is 8.25. The molecule has 0 radical (unpaired) electrons. The van der Waals surface area contributed by atoms with Crippen LogP contribution in [0.3, 0.4) is 0 Å². The van der Waals surface area contributed by atoms with Crippen molar-refractivity contribution in [3.05, 3.63) is 30.5 Å². The summed E-state index contributed by atoms with van der Waals surface area (Å²) in [5.41, 5.74) is 2.18. The lowest BCUT2D eigenvalue weighted by Crippen LogP contribution is -2.26. The molecular formula is C11H12N4. The fourth-order valence-corrected chi connectivity index (χ4v) is 1.80. The van der Waals surface area contributed by atoms with Crippen molar-refractivity contribution in [3.8, 4) is 0 Å². The van der Waals surface area contributed by atoms with E-state index in [9.17, 15) is 0 Å². The molecule has 1 aromatic carbocycles. The van der Waals surface area contributed by atoms with Crippen LogP contribution in [-0.4, -0.2) is 24.0 Å². The Morgan fingerprint density at radius 3 is 3.13 bits per heavy atom. The first-order valence-electron chi connectivity index (χ1n) is 5.05. The highest BCUT2D eigenvalue weighted by atomic mass is 15.2. The van der Waals surface area contributed by atoms with Gasteiger partial charge in [-0.25, -0.2) is 0 Å². The number of anilines is 1. The first-order valence-corrected chi connectivity index (χ1v) is 5.05. The van der Waals surface area contributed by atoms with Crippen LogP contribution in [0.1, 0.15) is 0 Å². The number of hydrogen-bond donors (Lipinski definition) is 3. The molecule has 4 nitrogen and oxygen atoms in total. The number of benzene rings is 1. The van der Waals surface area contributed by atoms with Crippen molar-refractivity contribution in [2.45, 2.75) is 0 Å². The molecule has 2 aromatic rings. The molecule has 0 spiro atoms. The largest absolute Gasteiger partial charge is 0.359 e. The van der Waals surface area contributed by atoms with Crippen LogP contribution in [-0.2, 0) is 0 Å². The highest BCUT2D eigenvalue weighted by molar-refractivity contribution is 6.02. The fraction of sp³-hybridized carbons (Fsp3) is 0.182. The Morgan fingerprint density at radius 2 is 2.27 bits per heavy atom. The molecule has 4 heteroatoms. The molecule has 1 aromatic heterocycles. The van der Waals surface area contributed by atoms with E-state index in [2.05, 4.69) is 32.7 Å². The molecule has 0 bridgehead atoms. The van der Waals surface area contributed by atoms with Gasteiger partial charge < -0.3 is 15.6 Å². The summed E-state index contributed by atoms with van der Waals surface area (Å²) in [4.78, 5) is 7.52. The van der Waals surface area contributed by atoms with Gasteiger partial charge in [-0.15, -0.1) is 0 Å². The van der Waals surface area contributed by atoms with E-state index in [4.69, 9.17) is 0 Å². The summed E-state index contributed by atoms with van der Waals surface area (Å²) in [7, 11) is 0. The highest BCUT2D eigenvalue weighted by Gasteiger charge is 2.07. The van der Waals surface area contributed by atoms with Crippen molar-refractivity contribution in [1.82, 2.24) is 10.3 Å². The summed E-state index contributed by atoms with van der Waals surface area (Å²) in [5.74, 6) is 0.858. The molecule has 1 aliphatic rings. The molecule has 3 rings (SSSR count). The van der Waals surface area contributed by atoms with Gasteiger partial charge in [-0.1, -0.05) is 12.1 Å². The van der Waals surface area contributed by atoms with E-state index in [-0.39, 0.29) is 0 Å². The minimum Gasteiger partial charge on any atom is -0.359 e. The first kappa shape index (κ1) is 8.35. The normalized spacial score (nSPS) is 15.1. The van der Waals surface area contributed by atoms with E-state index in [0.717, 1.165) is 30.3 Å². The van der Waals surface area contributed by atoms with Gasteiger partial charge in [-0.2, -0.15) is 0 Å². The first-order chi connectivity index (χ1) is 7.43. The molecule has 15 heavy (non-hydrogen) atoms. The third-order valence-electron chi connectivity index (χ3n) is 2.51. The van der Waals surface area contributed by atoms with E-state index < -0.39 is 0 Å². The molecule has 0 amide bonds. The number of rotatable bonds is 1. The molecule has 0 saturated carbocycles. The second kappa shape index (κ2) is 3.31. The number of aliphatic imine (C=N–C) groups is 1. The monoisotopic (exact) mass is 200 g/mol.